The molecule has 1 aliphatic heterocycles. The van der Waals surface area contributed by atoms with E-state index in [0.29, 0.717) is 13.2 Å². The molecule has 134 valence electrons. The van der Waals surface area contributed by atoms with Crippen molar-refractivity contribution < 1.29 is 9.53 Å². The third kappa shape index (κ3) is 5.32. The van der Waals surface area contributed by atoms with Crippen LogP contribution in [0.25, 0.3) is 0 Å². The molecule has 4 nitrogen and oxygen atoms in total. The van der Waals surface area contributed by atoms with Gasteiger partial charge in [0, 0.05) is 13.2 Å². The van der Waals surface area contributed by atoms with Crippen LogP contribution in [-0.2, 0) is 9.53 Å². The highest BCUT2D eigenvalue weighted by molar-refractivity contribution is 5.84. The average molecular weight is 332 g/mol. The largest absolute Gasteiger partial charge is 0.366 e. The Hall–Kier alpha value is -1.39. The van der Waals surface area contributed by atoms with Crippen LogP contribution in [0.2, 0.25) is 0 Å². The van der Waals surface area contributed by atoms with E-state index in [2.05, 4.69) is 34.5 Å². The molecule has 1 atom stereocenters. The molecule has 1 aliphatic rings. The third-order valence-electron chi connectivity index (χ3n) is 4.77. The van der Waals surface area contributed by atoms with Gasteiger partial charge in [-0.15, -0.1) is 0 Å². The lowest BCUT2D eigenvalue weighted by Crippen LogP contribution is -2.47. The molecule has 0 aliphatic carbocycles. The minimum absolute atomic E-state index is 0.0416. The van der Waals surface area contributed by atoms with Gasteiger partial charge in [0.15, 0.2) is 0 Å². The molecule has 0 radical (unpaired) electrons. The van der Waals surface area contributed by atoms with Gasteiger partial charge in [-0.3, -0.25) is 9.69 Å². The second-order valence-corrected chi connectivity index (χ2v) is 7.03. The number of hydrogen-bond donors (Lipinski definition) is 1. The summed E-state index contributed by atoms with van der Waals surface area (Å²) >= 11 is 0. The van der Waals surface area contributed by atoms with Crippen LogP contribution in [-0.4, -0.2) is 42.6 Å². The summed E-state index contributed by atoms with van der Waals surface area (Å²) in [6, 6.07) is 10.7. The van der Waals surface area contributed by atoms with E-state index in [1.165, 1.54) is 31.2 Å². The van der Waals surface area contributed by atoms with Crippen molar-refractivity contribution in [2.24, 2.45) is 0 Å². The fraction of sp³-hybridized carbons (Fsp3) is 0.650. The van der Waals surface area contributed by atoms with Crippen molar-refractivity contribution in [3.05, 3.63) is 35.9 Å². The number of ether oxygens (including phenoxy) is 1. The van der Waals surface area contributed by atoms with Crippen molar-refractivity contribution in [1.29, 1.82) is 0 Å². The average Bonchev–Trinajstić information content (AvgIpc) is 2.85. The van der Waals surface area contributed by atoms with Gasteiger partial charge in [-0.25, -0.2) is 0 Å². The molecule has 0 spiro atoms. The Morgan fingerprint density at radius 1 is 1.17 bits per heavy atom. The van der Waals surface area contributed by atoms with Crippen molar-refractivity contribution in [3.63, 3.8) is 0 Å². The van der Waals surface area contributed by atoms with Crippen molar-refractivity contribution >= 4 is 5.91 Å². The molecule has 0 unspecified atom stereocenters. The fourth-order valence-corrected chi connectivity index (χ4v) is 3.37. The maximum Gasteiger partial charge on any atom is 0.251 e. The smallest absolute Gasteiger partial charge is 0.251 e. The summed E-state index contributed by atoms with van der Waals surface area (Å²) in [5.74, 6) is -0.0416. The van der Waals surface area contributed by atoms with E-state index in [1.807, 2.05) is 26.8 Å². The van der Waals surface area contributed by atoms with E-state index in [9.17, 15) is 4.79 Å². The molecule has 1 fully saturated rings. The topological polar surface area (TPSA) is 41.6 Å². The monoisotopic (exact) mass is 332 g/mol. The molecule has 2 rings (SSSR count). The molecule has 0 aromatic heterocycles. The van der Waals surface area contributed by atoms with Gasteiger partial charge in [0.25, 0.3) is 5.91 Å². The highest BCUT2D eigenvalue weighted by Crippen LogP contribution is 2.24. The number of carbonyl (C=O) groups excluding carboxylic acids is 1. The van der Waals surface area contributed by atoms with E-state index >= 15 is 0 Å². The van der Waals surface area contributed by atoms with Gasteiger partial charge in [0.1, 0.15) is 5.60 Å². The summed E-state index contributed by atoms with van der Waals surface area (Å²) in [4.78, 5) is 15.0. The van der Waals surface area contributed by atoms with Gasteiger partial charge >= 0.3 is 0 Å². The second kappa shape index (κ2) is 9.19. The minimum Gasteiger partial charge on any atom is -0.366 e. The van der Waals surface area contributed by atoms with Crippen LogP contribution in [0.3, 0.4) is 0 Å². The van der Waals surface area contributed by atoms with Crippen molar-refractivity contribution in [3.8, 4) is 0 Å². The molecule has 1 amide bonds. The van der Waals surface area contributed by atoms with Gasteiger partial charge in [-0.2, -0.15) is 0 Å². The first-order valence-electron chi connectivity index (χ1n) is 9.26. The van der Waals surface area contributed by atoms with Gasteiger partial charge < -0.3 is 10.1 Å². The van der Waals surface area contributed by atoms with E-state index < -0.39 is 5.60 Å². The number of nitrogens with one attached hydrogen (secondary N) is 1. The zero-order chi connectivity index (χ0) is 17.4. The number of nitrogens with zero attached hydrogens (tertiary/aromatic N) is 1. The zero-order valence-electron chi connectivity index (χ0n) is 15.4. The van der Waals surface area contributed by atoms with Crippen LogP contribution in [0.5, 0.6) is 0 Å². The minimum atomic E-state index is -0.783. The van der Waals surface area contributed by atoms with E-state index in [1.54, 1.807) is 0 Å². The molecular formula is C20H32N2O2. The van der Waals surface area contributed by atoms with Crippen LogP contribution in [0, 0.1) is 0 Å². The summed E-state index contributed by atoms with van der Waals surface area (Å²) in [6.45, 7) is 8.94. The van der Waals surface area contributed by atoms with Gasteiger partial charge in [-0.05, 0) is 52.3 Å². The molecule has 24 heavy (non-hydrogen) atoms. The van der Waals surface area contributed by atoms with Crippen LogP contribution in [0.4, 0.5) is 0 Å². The van der Waals surface area contributed by atoms with Crippen LogP contribution < -0.4 is 5.32 Å². The molecule has 1 aromatic carbocycles. The Labute approximate surface area is 146 Å². The molecular weight excluding hydrogens is 300 g/mol. The Morgan fingerprint density at radius 2 is 1.79 bits per heavy atom. The zero-order valence-corrected chi connectivity index (χ0v) is 15.4. The maximum atomic E-state index is 12.5. The molecule has 1 N–H and O–H groups in total. The number of likely N-dealkylation sites (tertiary alicyclic amines) is 1. The predicted octanol–water partition coefficient (Wildman–Crippen LogP) is 3.54. The van der Waals surface area contributed by atoms with Crippen molar-refractivity contribution in [2.45, 2.75) is 58.1 Å². The fourth-order valence-electron chi connectivity index (χ4n) is 3.37. The second-order valence-electron chi connectivity index (χ2n) is 7.03. The van der Waals surface area contributed by atoms with E-state index in [0.717, 1.165) is 13.1 Å². The number of benzene rings is 1. The summed E-state index contributed by atoms with van der Waals surface area (Å²) in [5.41, 5.74) is 0.489. The molecule has 0 bridgehead atoms. The Kier molecular flexibility index (Phi) is 7.25. The number of amides is 1. The lowest BCUT2D eigenvalue weighted by molar-refractivity contribution is -0.142. The number of rotatable bonds is 7. The van der Waals surface area contributed by atoms with Gasteiger partial charge in [-0.1, -0.05) is 43.2 Å². The van der Waals surface area contributed by atoms with E-state index in [-0.39, 0.29) is 11.9 Å². The summed E-state index contributed by atoms with van der Waals surface area (Å²) < 4.78 is 5.57. The standard InChI is InChI=1S/C20H32N2O2/c1-4-24-20(2,3)19(23)21-16-18(17-12-8-7-9-13-17)22-14-10-5-6-11-15-22/h7-9,12-13,18H,4-6,10-11,14-16H2,1-3H3,(H,21,23)/t18-/m1/s1. The number of hydrogen-bond acceptors (Lipinski definition) is 3. The van der Waals surface area contributed by atoms with Crippen molar-refractivity contribution in [2.75, 3.05) is 26.2 Å². The van der Waals surface area contributed by atoms with Crippen molar-refractivity contribution in [1.82, 2.24) is 10.2 Å². The van der Waals surface area contributed by atoms with E-state index in [4.69, 9.17) is 4.74 Å². The summed E-state index contributed by atoms with van der Waals surface area (Å²) in [7, 11) is 0. The molecule has 1 aromatic rings. The maximum absolute atomic E-state index is 12.5. The lowest BCUT2D eigenvalue weighted by atomic mass is 10.0. The summed E-state index contributed by atoms with van der Waals surface area (Å²) in [5, 5.41) is 3.12. The first-order chi connectivity index (χ1) is 11.5. The van der Waals surface area contributed by atoms with Gasteiger partial charge in [0.05, 0.1) is 6.04 Å². The summed E-state index contributed by atoms with van der Waals surface area (Å²) in [6.07, 6.45) is 5.09. The van der Waals surface area contributed by atoms with Crippen LogP contribution in [0.15, 0.2) is 30.3 Å². The normalized spacial score (nSPS) is 18.0. The highest BCUT2D eigenvalue weighted by atomic mass is 16.5. The molecule has 4 heteroatoms. The Bertz CT molecular complexity index is 494. The Balaban J connectivity index is 2.07. The third-order valence-corrected chi connectivity index (χ3v) is 4.77. The van der Waals surface area contributed by atoms with Crippen LogP contribution >= 0.6 is 0 Å². The number of carbonyl (C=O) groups is 1. The van der Waals surface area contributed by atoms with Gasteiger partial charge in [0.2, 0.25) is 0 Å². The predicted molar refractivity (Wildman–Crippen MR) is 97.9 cm³/mol. The van der Waals surface area contributed by atoms with Crippen LogP contribution in [0.1, 0.15) is 58.1 Å². The Morgan fingerprint density at radius 3 is 2.38 bits per heavy atom. The lowest BCUT2D eigenvalue weighted by Gasteiger charge is -2.32. The molecule has 0 saturated carbocycles. The molecule has 1 heterocycles. The first-order valence-corrected chi connectivity index (χ1v) is 9.26. The first kappa shape index (κ1) is 18.9. The highest BCUT2D eigenvalue weighted by Gasteiger charge is 2.29. The quantitative estimate of drug-likeness (QED) is 0.830. The molecule has 1 saturated heterocycles. The SMILES string of the molecule is CCOC(C)(C)C(=O)NC[C@H](c1ccccc1)N1CCCCCC1.